The third-order valence-electron chi connectivity index (χ3n) is 4.47. The molecule has 0 spiro atoms. The standard InChI is InChI=1S/C17H17F3N4O3/c18-17(19,20)15-13-3-1-2-4-14(13)23(22-15)10-9-21-16(25)11-5-7-12(8-6-11)24(26)27/h5-8H,1-4,9-10H2,(H,21,25). The molecule has 1 heterocycles. The third kappa shape index (κ3) is 4.09. The van der Waals surface area contributed by atoms with Crippen molar-refractivity contribution in [2.24, 2.45) is 0 Å². The van der Waals surface area contributed by atoms with Crippen molar-refractivity contribution in [1.29, 1.82) is 0 Å². The first-order valence-electron chi connectivity index (χ1n) is 8.46. The number of nitrogens with zero attached hydrogens (tertiary/aromatic N) is 3. The zero-order valence-corrected chi connectivity index (χ0v) is 14.3. The van der Waals surface area contributed by atoms with E-state index in [9.17, 15) is 28.1 Å². The smallest absolute Gasteiger partial charge is 0.350 e. The van der Waals surface area contributed by atoms with Crippen LogP contribution in [0, 0.1) is 10.1 Å². The van der Waals surface area contributed by atoms with Crippen molar-refractivity contribution in [3.8, 4) is 0 Å². The lowest BCUT2D eigenvalue weighted by Crippen LogP contribution is -2.28. The minimum Gasteiger partial charge on any atom is -0.350 e. The molecule has 0 radical (unpaired) electrons. The van der Waals surface area contributed by atoms with Gasteiger partial charge in [-0.2, -0.15) is 18.3 Å². The number of hydrogen-bond acceptors (Lipinski definition) is 4. The number of aromatic nitrogens is 2. The summed E-state index contributed by atoms with van der Waals surface area (Å²) in [4.78, 5) is 22.1. The largest absolute Gasteiger partial charge is 0.435 e. The lowest BCUT2D eigenvalue weighted by Gasteiger charge is -2.15. The minimum atomic E-state index is -4.49. The van der Waals surface area contributed by atoms with E-state index >= 15 is 0 Å². The summed E-state index contributed by atoms with van der Waals surface area (Å²) < 4.78 is 40.8. The average molecular weight is 382 g/mol. The summed E-state index contributed by atoms with van der Waals surface area (Å²) in [7, 11) is 0. The molecule has 7 nitrogen and oxygen atoms in total. The Balaban J connectivity index is 1.66. The van der Waals surface area contributed by atoms with Crippen LogP contribution in [0.3, 0.4) is 0 Å². The number of fused-ring (bicyclic) bond motifs is 1. The van der Waals surface area contributed by atoms with Crippen molar-refractivity contribution in [3.05, 3.63) is 56.9 Å². The van der Waals surface area contributed by atoms with Crippen LogP contribution in [0.15, 0.2) is 24.3 Å². The Bertz CT molecular complexity index is 860. The van der Waals surface area contributed by atoms with Gasteiger partial charge < -0.3 is 5.32 Å². The molecule has 144 valence electrons. The molecule has 1 N–H and O–H groups in total. The molecule has 1 aliphatic rings. The van der Waals surface area contributed by atoms with Gasteiger partial charge in [-0.3, -0.25) is 19.6 Å². The van der Waals surface area contributed by atoms with Gasteiger partial charge in [-0.25, -0.2) is 0 Å². The molecule has 0 saturated carbocycles. The number of carbonyl (C=O) groups excluding carboxylic acids is 1. The van der Waals surface area contributed by atoms with E-state index in [-0.39, 0.29) is 29.9 Å². The Morgan fingerprint density at radius 3 is 2.52 bits per heavy atom. The highest BCUT2D eigenvalue weighted by molar-refractivity contribution is 5.94. The van der Waals surface area contributed by atoms with E-state index in [4.69, 9.17) is 0 Å². The van der Waals surface area contributed by atoms with Gasteiger partial charge in [-0.05, 0) is 37.8 Å². The van der Waals surface area contributed by atoms with Crippen molar-refractivity contribution < 1.29 is 22.9 Å². The molecule has 10 heteroatoms. The molecule has 3 rings (SSSR count). The lowest BCUT2D eigenvalue weighted by atomic mass is 9.95. The lowest BCUT2D eigenvalue weighted by molar-refractivity contribution is -0.384. The Morgan fingerprint density at radius 2 is 1.89 bits per heavy atom. The van der Waals surface area contributed by atoms with Crippen molar-refractivity contribution in [3.63, 3.8) is 0 Å². The molecule has 1 amide bonds. The molecule has 1 aromatic carbocycles. The molecule has 0 aliphatic heterocycles. The highest BCUT2D eigenvalue weighted by Crippen LogP contribution is 2.35. The molecule has 0 bridgehead atoms. The van der Waals surface area contributed by atoms with Gasteiger partial charge in [0.15, 0.2) is 5.69 Å². The molecule has 0 saturated heterocycles. The molecular weight excluding hydrogens is 365 g/mol. The van der Waals surface area contributed by atoms with Crippen LogP contribution in [-0.4, -0.2) is 27.2 Å². The monoisotopic (exact) mass is 382 g/mol. The fraction of sp³-hybridized carbons (Fsp3) is 0.412. The molecule has 1 aromatic heterocycles. The minimum absolute atomic E-state index is 0.0985. The fourth-order valence-electron chi connectivity index (χ4n) is 3.20. The number of non-ortho nitro benzene ring substituents is 1. The first-order chi connectivity index (χ1) is 12.8. The van der Waals surface area contributed by atoms with Gasteiger partial charge in [0.05, 0.1) is 11.5 Å². The second-order valence-electron chi connectivity index (χ2n) is 6.26. The normalized spacial score (nSPS) is 13.9. The first-order valence-corrected chi connectivity index (χ1v) is 8.46. The van der Waals surface area contributed by atoms with Crippen molar-refractivity contribution in [2.45, 2.75) is 38.4 Å². The maximum atomic E-state index is 13.2. The van der Waals surface area contributed by atoms with Crippen molar-refractivity contribution in [2.75, 3.05) is 6.54 Å². The summed E-state index contributed by atoms with van der Waals surface area (Å²) in [5.41, 5.74) is 0.112. The predicted octanol–water partition coefficient (Wildman–Crippen LogP) is 3.12. The summed E-state index contributed by atoms with van der Waals surface area (Å²) in [6, 6.07) is 5.08. The number of nitrogens with one attached hydrogen (secondary N) is 1. The number of hydrogen-bond donors (Lipinski definition) is 1. The van der Waals surface area contributed by atoms with Crippen LogP contribution >= 0.6 is 0 Å². The topological polar surface area (TPSA) is 90.1 Å². The fourth-order valence-corrected chi connectivity index (χ4v) is 3.20. The molecule has 0 atom stereocenters. The Hall–Kier alpha value is -2.91. The van der Waals surface area contributed by atoms with Crippen LogP contribution in [-0.2, 0) is 25.6 Å². The maximum Gasteiger partial charge on any atom is 0.435 e. The number of amides is 1. The zero-order valence-electron chi connectivity index (χ0n) is 14.3. The van der Waals surface area contributed by atoms with Gasteiger partial charge >= 0.3 is 6.18 Å². The molecule has 2 aromatic rings. The van der Waals surface area contributed by atoms with Crippen LogP contribution in [0.25, 0.3) is 0 Å². The number of carbonyl (C=O) groups is 1. The van der Waals surface area contributed by atoms with Crippen molar-refractivity contribution in [1.82, 2.24) is 15.1 Å². The molecule has 0 fully saturated rings. The van der Waals surface area contributed by atoms with Crippen LogP contribution in [0.4, 0.5) is 18.9 Å². The average Bonchev–Trinajstić information content (AvgIpc) is 3.01. The highest BCUT2D eigenvalue weighted by atomic mass is 19.4. The quantitative estimate of drug-likeness (QED) is 0.636. The molecule has 1 aliphatic carbocycles. The third-order valence-corrected chi connectivity index (χ3v) is 4.47. The highest BCUT2D eigenvalue weighted by Gasteiger charge is 2.39. The van der Waals surface area contributed by atoms with E-state index in [0.29, 0.717) is 25.0 Å². The second kappa shape index (κ2) is 7.37. The number of benzene rings is 1. The van der Waals surface area contributed by atoms with Gasteiger partial charge in [0.2, 0.25) is 0 Å². The summed E-state index contributed by atoms with van der Waals surface area (Å²) >= 11 is 0. The number of nitro benzene ring substituents is 1. The summed E-state index contributed by atoms with van der Waals surface area (Å²) in [6.07, 6.45) is -2.08. The van der Waals surface area contributed by atoms with Gasteiger partial charge in [0.1, 0.15) is 0 Å². The molecule has 0 unspecified atom stereocenters. The Morgan fingerprint density at radius 1 is 1.22 bits per heavy atom. The van der Waals surface area contributed by atoms with Crippen LogP contribution in [0.2, 0.25) is 0 Å². The van der Waals surface area contributed by atoms with Gasteiger partial charge in [0.25, 0.3) is 11.6 Å². The summed E-state index contributed by atoms with van der Waals surface area (Å²) in [6.45, 7) is 0.221. The van der Waals surface area contributed by atoms with E-state index in [1.54, 1.807) is 0 Å². The van der Waals surface area contributed by atoms with Crippen LogP contribution in [0.5, 0.6) is 0 Å². The van der Waals surface area contributed by atoms with Gasteiger partial charge in [-0.1, -0.05) is 0 Å². The summed E-state index contributed by atoms with van der Waals surface area (Å²) in [5, 5.41) is 16.9. The SMILES string of the molecule is O=C(NCCn1nc(C(F)(F)F)c2c1CCCC2)c1ccc([N+](=O)[O-])cc1. The number of rotatable bonds is 5. The zero-order chi connectivity index (χ0) is 19.6. The summed E-state index contributed by atoms with van der Waals surface area (Å²) in [5.74, 6) is -0.457. The predicted molar refractivity (Wildman–Crippen MR) is 89.3 cm³/mol. The number of alkyl halides is 3. The van der Waals surface area contributed by atoms with E-state index in [0.717, 1.165) is 6.42 Å². The van der Waals surface area contributed by atoms with E-state index in [1.165, 1.54) is 28.9 Å². The van der Waals surface area contributed by atoms with Crippen molar-refractivity contribution >= 4 is 11.6 Å². The van der Waals surface area contributed by atoms with Crippen LogP contribution in [0.1, 0.15) is 40.2 Å². The number of nitro groups is 1. The Kier molecular flexibility index (Phi) is 5.15. The van der Waals surface area contributed by atoms with Gasteiger partial charge in [0, 0.05) is 35.5 Å². The number of halogens is 3. The Labute approximate surface area is 152 Å². The molecular formula is C17H17F3N4O3. The van der Waals surface area contributed by atoms with E-state index in [2.05, 4.69) is 10.4 Å². The maximum absolute atomic E-state index is 13.2. The van der Waals surface area contributed by atoms with E-state index < -0.39 is 22.7 Å². The van der Waals surface area contributed by atoms with Gasteiger partial charge in [-0.15, -0.1) is 0 Å². The molecule has 27 heavy (non-hydrogen) atoms. The second-order valence-corrected chi connectivity index (χ2v) is 6.26. The van der Waals surface area contributed by atoms with E-state index in [1.807, 2.05) is 0 Å². The van der Waals surface area contributed by atoms with Crippen LogP contribution < -0.4 is 5.32 Å². The first kappa shape index (κ1) is 18.9.